The maximum absolute atomic E-state index is 13.4. The molecule has 1 aliphatic carbocycles. The number of aromatic nitrogens is 2. The molecule has 1 saturated carbocycles. The third-order valence-corrected chi connectivity index (χ3v) is 8.06. The number of amides is 1. The minimum Gasteiger partial charge on any atom is -0.353 e. The number of nitrogens with zero attached hydrogens (tertiary/aromatic N) is 3. The van der Waals surface area contributed by atoms with Crippen molar-refractivity contribution in [2.45, 2.75) is 63.3 Å². The van der Waals surface area contributed by atoms with Crippen LogP contribution >= 0.6 is 0 Å². The van der Waals surface area contributed by atoms with E-state index in [0.29, 0.717) is 42.2 Å². The van der Waals surface area contributed by atoms with Gasteiger partial charge in [0.2, 0.25) is 27.6 Å². The van der Waals surface area contributed by atoms with Crippen molar-refractivity contribution in [3.05, 3.63) is 29.7 Å². The quantitative estimate of drug-likeness (QED) is 0.779. The van der Waals surface area contributed by atoms with Gasteiger partial charge in [-0.1, -0.05) is 30.1 Å². The Labute approximate surface area is 177 Å². The first-order chi connectivity index (χ1) is 14.3. The van der Waals surface area contributed by atoms with Gasteiger partial charge in [0, 0.05) is 31.6 Å². The molecule has 0 bridgehead atoms. The van der Waals surface area contributed by atoms with Gasteiger partial charge in [-0.05, 0) is 44.2 Å². The molecule has 2 heterocycles. The number of benzene rings is 1. The summed E-state index contributed by atoms with van der Waals surface area (Å²) in [7, 11) is -3.74. The first-order valence-electron chi connectivity index (χ1n) is 10.6. The predicted molar refractivity (Wildman–Crippen MR) is 111 cm³/mol. The normalized spacial score (nSPS) is 21.1. The number of nitrogens with one attached hydrogen (secondary N) is 1. The van der Waals surface area contributed by atoms with E-state index < -0.39 is 10.0 Å². The first-order valence-corrected chi connectivity index (χ1v) is 12.0. The monoisotopic (exact) mass is 432 g/mol. The molecular weight excluding hydrogens is 404 g/mol. The number of carbonyl (C=O) groups excluding carboxylic acids is 1. The van der Waals surface area contributed by atoms with E-state index >= 15 is 0 Å². The Morgan fingerprint density at radius 2 is 1.93 bits per heavy atom. The van der Waals surface area contributed by atoms with Gasteiger partial charge in [-0.2, -0.15) is 9.29 Å². The van der Waals surface area contributed by atoms with Crippen molar-refractivity contribution in [1.29, 1.82) is 0 Å². The lowest BCUT2D eigenvalue weighted by Gasteiger charge is -2.32. The van der Waals surface area contributed by atoms with Crippen LogP contribution in [0.25, 0.3) is 11.4 Å². The van der Waals surface area contributed by atoms with Crippen LogP contribution in [0.5, 0.6) is 0 Å². The van der Waals surface area contributed by atoms with E-state index in [-0.39, 0.29) is 29.3 Å². The molecule has 0 spiro atoms. The Hall–Kier alpha value is -2.26. The Balaban J connectivity index is 1.54. The zero-order chi connectivity index (χ0) is 21.3. The molecule has 162 valence electrons. The van der Waals surface area contributed by atoms with E-state index in [1.807, 2.05) is 0 Å². The highest BCUT2D eigenvalue weighted by Crippen LogP contribution is 2.29. The van der Waals surface area contributed by atoms with E-state index in [1.165, 1.54) is 4.31 Å². The summed E-state index contributed by atoms with van der Waals surface area (Å²) < 4.78 is 33.3. The first kappa shape index (κ1) is 21.0. The molecule has 1 atom stereocenters. The third-order valence-electron chi connectivity index (χ3n) is 6.05. The van der Waals surface area contributed by atoms with E-state index in [1.54, 1.807) is 32.0 Å². The zero-order valence-electron chi connectivity index (χ0n) is 17.4. The molecule has 0 radical (unpaired) electrons. The van der Waals surface area contributed by atoms with Crippen LogP contribution in [0.15, 0.2) is 27.6 Å². The van der Waals surface area contributed by atoms with Gasteiger partial charge in [-0.25, -0.2) is 8.42 Å². The van der Waals surface area contributed by atoms with Gasteiger partial charge in [0.05, 0.1) is 10.8 Å². The molecule has 1 amide bonds. The minimum absolute atomic E-state index is 0.0189. The van der Waals surface area contributed by atoms with Crippen molar-refractivity contribution < 1.29 is 17.7 Å². The van der Waals surface area contributed by atoms with Crippen molar-refractivity contribution in [1.82, 2.24) is 19.8 Å². The second-order valence-electron chi connectivity index (χ2n) is 8.31. The van der Waals surface area contributed by atoms with Crippen molar-refractivity contribution in [2.24, 2.45) is 5.92 Å². The van der Waals surface area contributed by atoms with Crippen LogP contribution in [0, 0.1) is 19.8 Å². The Morgan fingerprint density at radius 3 is 2.63 bits per heavy atom. The van der Waals surface area contributed by atoms with Gasteiger partial charge in [0.1, 0.15) is 0 Å². The third kappa shape index (κ3) is 4.27. The number of aryl methyl sites for hydroxylation is 2. The van der Waals surface area contributed by atoms with Crippen LogP contribution in [0.4, 0.5) is 0 Å². The van der Waals surface area contributed by atoms with Gasteiger partial charge in [0.25, 0.3) is 0 Å². The number of hydrogen-bond donors (Lipinski definition) is 1. The van der Waals surface area contributed by atoms with E-state index in [2.05, 4.69) is 15.5 Å². The molecule has 30 heavy (non-hydrogen) atoms. The van der Waals surface area contributed by atoms with E-state index in [0.717, 1.165) is 25.7 Å². The summed E-state index contributed by atoms with van der Waals surface area (Å²) in [4.78, 5) is 17.1. The Kier molecular flexibility index (Phi) is 5.92. The molecule has 1 aromatic heterocycles. The number of hydrogen-bond acceptors (Lipinski definition) is 6. The van der Waals surface area contributed by atoms with Gasteiger partial charge in [-0.3, -0.25) is 4.79 Å². The van der Waals surface area contributed by atoms with Crippen molar-refractivity contribution in [3.63, 3.8) is 0 Å². The Bertz CT molecular complexity index is 1030. The summed E-state index contributed by atoms with van der Waals surface area (Å²) in [6, 6.07) is 5.37. The van der Waals surface area contributed by atoms with Crippen LogP contribution in [0.1, 0.15) is 50.0 Å². The molecule has 1 aliphatic heterocycles. The molecule has 8 nitrogen and oxygen atoms in total. The van der Waals surface area contributed by atoms with E-state index in [4.69, 9.17) is 4.52 Å². The summed E-state index contributed by atoms with van der Waals surface area (Å²) in [6.45, 7) is 4.09. The fraction of sp³-hybridized carbons (Fsp3) is 0.571. The Morgan fingerprint density at radius 1 is 1.17 bits per heavy atom. The van der Waals surface area contributed by atoms with Crippen molar-refractivity contribution in [3.8, 4) is 11.4 Å². The molecule has 4 rings (SSSR count). The zero-order valence-corrected chi connectivity index (χ0v) is 18.2. The number of rotatable bonds is 5. The molecule has 2 aromatic rings. The van der Waals surface area contributed by atoms with Crippen molar-refractivity contribution in [2.75, 3.05) is 13.1 Å². The van der Waals surface area contributed by atoms with Gasteiger partial charge < -0.3 is 9.84 Å². The molecule has 9 heteroatoms. The summed E-state index contributed by atoms with van der Waals surface area (Å²) in [6.07, 6.45) is 5.71. The molecule has 2 aliphatic rings. The van der Waals surface area contributed by atoms with Gasteiger partial charge in [-0.15, -0.1) is 0 Å². The lowest BCUT2D eigenvalue weighted by Crippen LogP contribution is -2.47. The van der Waals surface area contributed by atoms with Crippen LogP contribution in [0.3, 0.4) is 0 Å². The smallest absolute Gasteiger partial charge is 0.243 e. The fourth-order valence-corrected chi connectivity index (χ4v) is 6.11. The van der Waals surface area contributed by atoms with Crippen molar-refractivity contribution >= 4 is 15.9 Å². The molecule has 1 saturated heterocycles. The fourth-order valence-electron chi connectivity index (χ4n) is 4.34. The predicted octanol–water partition coefficient (Wildman–Crippen LogP) is 2.81. The number of sulfonamides is 1. The van der Waals surface area contributed by atoms with Gasteiger partial charge in [0.15, 0.2) is 0 Å². The molecule has 1 aromatic carbocycles. The summed E-state index contributed by atoms with van der Waals surface area (Å²) in [5, 5.41) is 7.01. The lowest BCUT2D eigenvalue weighted by atomic mass is 9.98. The van der Waals surface area contributed by atoms with E-state index in [9.17, 15) is 13.2 Å². The average Bonchev–Trinajstić information content (AvgIpc) is 3.40. The maximum Gasteiger partial charge on any atom is 0.243 e. The topological polar surface area (TPSA) is 105 Å². The standard InChI is InChI=1S/C21H28N4O4S/c1-14-9-10-16(20-22-15(2)29-24-20)12-19(14)30(27,28)25-11-5-6-17(13-25)21(26)23-18-7-3-4-8-18/h9-10,12,17-18H,3-8,11,13H2,1-2H3,(H,23,26)/t17-/m1/s1. The van der Waals surface area contributed by atoms with Crippen LogP contribution in [0.2, 0.25) is 0 Å². The lowest BCUT2D eigenvalue weighted by molar-refractivity contribution is -0.126. The number of carbonyl (C=O) groups is 1. The SMILES string of the molecule is Cc1nc(-c2ccc(C)c(S(=O)(=O)N3CCC[C@@H](C(=O)NC4CCCC4)C3)c2)no1. The summed E-state index contributed by atoms with van der Waals surface area (Å²) >= 11 is 0. The second-order valence-corrected chi connectivity index (χ2v) is 10.2. The highest BCUT2D eigenvalue weighted by atomic mass is 32.2. The highest BCUT2D eigenvalue weighted by Gasteiger charge is 2.35. The minimum atomic E-state index is -3.74. The second kappa shape index (κ2) is 8.47. The molecule has 0 unspecified atom stereocenters. The average molecular weight is 433 g/mol. The number of piperidine rings is 1. The van der Waals surface area contributed by atoms with Gasteiger partial charge >= 0.3 is 0 Å². The largest absolute Gasteiger partial charge is 0.353 e. The summed E-state index contributed by atoms with van der Waals surface area (Å²) in [5.41, 5.74) is 1.24. The maximum atomic E-state index is 13.4. The molecular formula is C21H28N4O4S. The van der Waals surface area contributed by atoms with Crippen LogP contribution < -0.4 is 5.32 Å². The van der Waals surface area contributed by atoms with Crippen LogP contribution in [-0.4, -0.2) is 47.9 Å². The highest BCUT2D eigenvalue weighted by molar-refractivity contribution is 7.89. The van der Waals surface area contributed by atoms with Crippen LogP contribution in [-0.2, 0) is 14.8 Å². The molecule has 2 fully saturated rings. The summed E-state index contributed by atoms with van der Waals surface area (Å²) in [5.74, 6) is 0.450. The molecule has 1 N–H and O–H groups in total.